The standard InChI is InChI=1S/C10H17Cl/c11-10-7-3-5-8-4-1-2-6-9(8)10/h8-10H,1-7H2/t8-,9-,10-/m0/s1. The summed E-state index contributed by atoms with van der Waals surface area (Å²) in [6, 6.07) is 0. The molecule has 0 unspecified atom stereocenters. The Morgan fingerprint density at radius 3 is 2.36 bits per heavy atom. The summed E-state index contributed by atoms with van der Waals surface area (Å²) in [5.41, 5.74) is 0. The molecule has 0 heterocycles. The molecule has 2 aliphatic carbocycles. The Bertz CT molecular complexity index is 131. The number of alkyl halides is 1. The third-order valence-electron chi connectivity index (χ3n) is 3.49. The minimum atomic E-state index is 0.522. The zero-order valence-corrected chi connectivity index (χ0v) is 7.82. The summed E-state index contributed by atoms with van der Waals surface area (Å²) in [4.78, 5) is 0. The lowest BCUT2D eigenvalue weighted by atomic mass is 9.71. The van der Waals surface area contributed by atoms with Gasteiger partial charge in [-0.05, 0) is 24.7 Å². The first kappa shape index (κ1) is 7.91. The minimum absolute atomic E-state index is 0.522. The van der Waals surface area contributed by atoms with Gasteiger partial charge in [-0.2, -0.15) is 0 Å². The zero-order valence-electron chi connectivity index (χ0n) is 7.06. The van der Waals surface area contributed by atoms with E-state index in [4.69, 9.17) is 11.6 Å². The number of hydrogen-bond acceptors (Lipinski definition) is 0. The molecule has 0 aromatic rings. The van der Waals surface area contributed by atoms with Crippen molar-refractivity contribution < 1.29 is 0 Å². The van der Waals surface area contributed by atoms with Crippen LogP contribution < -0.4 is 0 Å². The van der Waals surface area contributed by atoms with Crippen LogP contribution >= 0.6 is 11.6 Å². The molecule has 2 saturated carbocycles. The molecule has 0 aliphatic heterocycles. The first-order chi connectivity index (χ1) is 5.38. The summed E-state index contributed by atoms with van der Waals surface area (Å²) < 4.78 is 0. The quantitative estimate of drug-likeness (QED) is 0.490. The monoisotopic (exact) mass is 172 g/mol. The van der Waals surface area contributed by atoms with Gasteiger partial charge in [0.2, 0.25) is 0 Å². The summed E-state index contributed by atoms with van der Waals surface area (Å²) in [5, 5.41) is 0.522. The van der Waals surface area contributed by atoms with Gasteiger partial charge in [0.25, 0.3) is 0 Å². The highest BCUT2D eigenvalue weighted by atomic mass is 35.5. The number of halogens is 1. The largest absolute Gasteiger partial charge is 0.123 e. The average molecular weight is 173 g/mol. The second kappa shape index (κ2) is 3.35. The molecule has 2 fully saturated rings. The van der Waals surface area contributed by atoms with Gasteiger partial charge in [-0.25, -0.2) is 0 Å². The van der Waals surface area contributed by atoms with Crippen molar-refractivity contribution in [2.45, 2.75) is 50.3 Å². The molecule has 0 N–H and O–H groups in total. The van der Waals surface area contributed by atoms with E-state index in [1.807, 2.05) is 0 Å². The molecule has 1 heteroatoms. The van der Waals surface area contributed by atoms with Crippen LogP contribution in [0.5, 0.6) is 0 Å². The lowest BCUT2D eigenvalue weighted by Crippen LogP contribution is -2.31. The van der Waals surface area contributed by atoms with E-state index >= 15 is 0 Å². The molecular formula is C10H17Cl. The van der Waals surface area contributed by atoms with Crippen molar-refractivity contribution in [1.29, 1.82) is 0 Å². The third-order valence-corrected chi connectivity index (χ3v) is 4.03. The second-order valence-electron chi connectivity index (χ2n) is 4.16. The van der Waals surface area contributed by atoms with Crippen LogP contribution in [0.4, 0.5) is 0 Å². The third kappa shape index (κ3) is 1.56. The molecule has 0 aromatic carbocycles. The average Bonchev–Trinajstić information content (AvgIpc) is 2.06. The topological polar surface area (TPSA) is 0 Å². The van der Waals surface area contributed by atoms with Gasteiger partial charge >= 0.3 is 0 Å². The number of rotatable bonds is 0. The van der Waals surface area contributed by atoms with Crippen LogP contribution in [0.3, 0.4) is 0 Å². The number of fused-ring (bicyclic) bond motifs is 1. The Labute approximate surface area is 74.3 Å². The maximum atomic E-state index is 6.29. The van der Waals surface area contributed by atoms with Gasteiger partial charge in [0.1, 0.15) is 0 Å². The van der Waals surface area contributed by atoms with Crippen molar-refractivity contribution >= 4 is 11.6 Å². The van der Waals surface area contributed by atoms with E-state index in [1.54, 1.807) is 0 Å². The van der Waals surface area contributed by atoms with E-state index in [2.05, 4.69) is 0 Å². The van der Waals surface area contributed by atoms with Gasteiger partial charge in [-0.3, -0.25) is 0 Å². The maximum Gasteiger partial charge on any atom is 0.0366 e. The highest BCUT2D eigenvalue weighted by molar-refractivity contribution is 6.20. The minimum Gasteiger partial charge on any atom is -0.123 e. The Hall–Kier alpha value is 0.290. The highest BCUT2D eigenvalue weighted by Crippen LogP contribution is 2.42. The maximum absolute atomic E-state index is 6.29. The van der Waals surface area contributed by atoms with Gasteiger partial charge in [0.05, 0.1) is 0 Å². The van der Waals surface area contributed by atoms with Gasteiger partial charge in [0.15, 0.2) is 0 Å². The van der Waals surface area contributed by atoms with Crippen LogP contribution in [0, 0.1) is 11.8 Å². The smallest absolute Gasteiger partial charge is 0.0366 e. The van der Waals surface area contributed by atoms with Crippen LogP contribution in [0.25, 0.3) is 0 Å². The molecule has 0 radical (unpaired) electrons. The molecule has 0 amide bonds. The lowest BCUT2D eigenvalue weighted by molar-refractivity contribution is 0.176. The Morgan fingerprint density at radius 1 is 0.818 bits per heavy atom. The SMILES string of the molecule is Cl[C@H]1CCC[C@@H]2CCCC[C@@H]21. The predicted molar refractivity (Wildman–Crippen MR) is 48.9 cm³/mol. The summed E-state index contributed by atoms with van der Waals surface area (Å²) in [6.45, 7) is 0. The molecule has 2 rings (SSSR count). The Kier molecular flexibility index (Phi) is 2.41. The summed E-state index contributed by atoms with van der Waals surface area (Å²) in [6.07, 6.45) is 9.91. The summed E-state index contributed by atoms with van der Waals surface area (Å²) >= 11 is 6.29. The molecule has 2 aliphatic rings. The van der Waals surface area contributed by atoms with Crippen molar-refractivity contribution in [2.24, 2.45) is 11.8 Å². The normalized spacial score (nSPS) is 45.0. The van der Waals surface area contributed by atoms with Crippen molar-refractivity contribution in [3.8, 4) is 0 Å². The molecule has 11 heavy (non-hydrogen) atoms. The van der Waals surface area contributed by atoms with Crippen LogP contribution in [0.1, 0.15) is 44.9 Å². The molecule has 0 bridgehead atoms. The molecule has 64 valence electrons. The van der Waals surface area contributed by atoms with Crippen LogP contribution in [-0.2, 0) is 0 Å². The first-order valence-corrected chi connectivity index (χ1v) is 5.45. The molecule has 0 spiro atoms. The lowest BCUT2D eigenvalue weighted by Gasteiger charge is -2.38. The fourth-order valence-electron chi connectivity index (χ4n) is 2.86. The van der Waals surface area contributed by atoms with E-state index in [0.717, 1.165) is 11.8 Å². The Balaban J connectivity index is 1.99. The fraction of sp³-hybridized carbons (Fsp3) is 1.00. The van der Waals surface area contributed by atoms with E-state index < -0.39 is 0 Å². The molecule has 0 nitrogen and oxygen atoms in total. The van der Waals surface area contributed by atoms with Crippen LogP contribution in [-0.4, -0.2) is 5.38 Å². The van der Waals surface area contributed by atoms with Gasteiger partial charge in [0, 0.05) is 5.38 Å². The zero-order chi connectivity index (χ0) is 7.68. The van der Waals surface area contributed by atoms with E-state index in [-0.39, 0.29) is 0 Å². The van der Waals surface area contributed by atoms with Crippen molar-refractivity contribution in [2.75, 3.05) is 0 Å². The van der Waals surface area contributed by atoms with E-state index in [1.165, 1.54) is 44.9 Å². The Morgan fingerprint density at radius 2 is 1.55 bits per heavy atom. The van der Waals surface area contributed by atoms with Crippen LogP contribution in [0.15, 0.2) is 0 Å². The molecule has 3 atom stereocenters. The second-order valence-corrected chi connectivity index (χ2v) is 4.72. The van der Waals surface area contributed by atoms with E-state index in [9.17, 15) is 0 Å². The molecule has 0 saturated heterocycles. The summed E-state index contributed by atoms with van der Waals surface area (Å²) in [5.74, 6) is 1.89. The van der Waals surface area contributed by atoms with Crippen molar-refractivity contribution in [3.05, 3.63) is 0 Å². The van der Waals surface area contributed by atoms with Gasteiger partial charge in [-0.15, -0.1) is 11.6 Å². The molecule has 0 aromatic heterocycles. The van der Waals surface area contributed by atoms with E-state index in [0.29, 0.717) is 5.38 Å². The highest BCUT2D eigenvalue weighted by Gasteiger charge is 2.33. The number of hydrogen-bond donors (Lipinski definition) is 0. The first-order valence-electron chi connectivity index (χ1n) is 5.02. The fourth-order valence-corrected chi connectivity index (χ4v) is 3.35. The van der Waals surface area contributed by atoms with Crippen molar-refractivity contribution in [1.82, 2.24) is 0 Å². The van der Waals surface area contributed by atoms with Gasteiger partial charge < -0.3 is 0 Å². The van der Waals surface area contributed by atoms with Crippen molar-refractivity contribution in [3.63, 3.8) is 0 Å². The summed E-state index contributed by atoms with van der Waals surface area (Å²) in [7, 11) is 0. The molecular weight excluding hydrogens is 156 g/mol. The van der Waals surface area contributed by atoms with Crippen LogP contribution in [0.2, 0.25) is 0 Å². The predicted octanol–water partition coefficient (Wildman–Crippen LogP) is 3.58. The van der Waals surface area contributed by atoms with Gasteiger partial charge in [-0.1, -0.05) is 32.1 Å².